The molecule has 2 fully saturated rings. The highest BCUT2D eigenvalue weighted by Crippen LogP contribution is 2.49. The van der Waals surface area contributed by atoms with Gasteiger partial charge in [-0.3, -0.25) is 0 Å². The maximum absolute atomic E-state index is 12.9. The highest BCUT2D eigenvalue weighted by atomic mass is 16.5. The van der Waals surface area contributed by atoms with E-state index in [1.165, 1.54) is 0 Å². The first-order valence-corrected chi connectivity index (χ1v) is 10.0. The van der Waals surface area contributed by atoms with E-state index in [0.717, 1.165) is 24.1 Å². The maximum Gasteiger partial charge on any atom is 0.321 e. The van der Waals surface area contributed by atoms with Gasteiger partial charge in [0.05, 0.1) is 5.92 Å². The third-order valence-electron chi connectivity index (χ3n) is 5.97. The minimum atomic E-state index is -0.0826. The molecule has 1 unspecified atom stereocenters. The van der Waals surface area contributed by atoms with Crippen LogP contribution >= 0.6 is 0 Å². The second-order valence-electron chi connectivity index (χ2n) is 8.34. The second-order valence-corrected chi connectivity index (χ2v) is 8.34. The number of rotatable bonds is 3. The molecule has 2 saturated heterocycles. The van der Waals surface area contributed by atoms with Crippen molar-refractivity contribution in [3.05, 3.63) is 41.6 Å². The van der Waals surface area contributed by atoms with E-state index in [0.29, 0.717) is 38.1 Å². The molecule has 4 rings (SSSR count). The normalized spacial score (nSPS) is 21.4. The van der Waals surface area contributed by atoms with Crippen molar-refractivity contribution in [3.63, 3.8) is 0 Å². The largest absolute Gasteiger partial charge is 0.425 e. The van der Waals surface area contributed by atoms with E-state index in [-0.39, 0.29) is 23.3 Å². The Labute approximate surface area is 165 Å². The van der Waals surface area contributed by atoms with Gasteiger partial charge >= 0.3 is 6.03 Å². The zero-order valence-electron chi connectivity index (χ0n) is 16.8. The molecule has 1 aromatic heterocycles. The van der Waals surface area contributed by atoms with Crippen molar-refractivity contribution in [1.29, 1.82) is 0 Å². The molecule has 3 heterocycles. The van der Waals surface area contributed by atoms with Crippen molar-refractivity contribution >= 4 is 11.7 Å². The first kappa shape index (κ1) is 18.9. The molecule has 1 aromatic carbocycles. The van der Waals surface area contributed by atoms with Gasteiger partial charge in [0, 0.05) is 43.3 Å². The number of likely N-dealkylation sites (tertiary alicyclic amines) is 1. The van der Waals surface area contributed by atoms with Gasteiger partial charge < -0.3 is 19.4 Å². The first-order valence-electron chi connectivity index (χ1n) is 10.0. The fraction of sp³-hybridized carbons (Fsp3) is 0.571. The van der Waals surface area contributed by atoms with Gasteiger partial charge in [-0.25, -0.2) is 4.79 Å². The number of urea groups is 1. The molecule has 2 aliphatic heterocycles. The van der Waals surface area contributed by atoms with Crippen LogP contribution in [0.3, 0.4) is 0 Å². The molecule has 0 saturated carbocycles. The predicted molar refractivity (Wildman–Crippen MR) is 105 cm³/mol. The number of benzene rings is 1. The van der Waals surface area contributed by atoms with Crippen LogP contribution in [0.25, 0.3) is 0 Å². The molecule has 7 heteroatoms. The third-order valence-corrected chi connectivity index (χ3v) is 5.97. The summed E-state index contributed by atoms with van der Waals surface area (Å²) >= 11 is 0. The Morgan fingerprint density at radius 3 is 2.57 bits per heavy atom. The van der Waals surface area contributed by atoms with Crippen LogP contribution in [0.4, 0.5) is 10.5 Å². The minimum Gasteiger partial charge on any atom is -0.425 e. The average Bonchev–Trinajstić information content (AvgIpc) is 3.30. The van der Waals surface area contributed by atoms with Crippen LogP contribution in [0.2, 0.25) is 0 Å². The maximum atomic E-state index is 12.9. The van der Waals surface area contributed by atoms with E-state index in [1.54, 1.807) is 0 Å². The number of aromatic nitrogens is 2. The number of nitrogens with zero attached hydrogens (tertiary/aromatic N) is 3. The Morgan fingerprint density at radius 1 is 1.21 bits per heavy atom. The second kappa shape index (κ2) is 7.54. The number of hydrogen-bond acceptors (Lipinski definition) is 5. The molecule has 7 nitrogen and oxygen atoms in total. The topological polar surface area (TPSA) is 80.5 Å². The molecule has 1 spiro atoms. The monoisotopic (exact) mass is 384 g/mol. The zero-order chi connectivity index (χ0) is 19.7. The van der Waals surface area contributed by atoms with Gasteiger partial charge in [-0.1, -0.05) is 31.5 Å². The average molecular weight is 384 g/mol. The van der Waals surface area contributed by atoms with Gasteiger partial charge in [0.25, 0.3) is 0 Å². The summed E-state index contributed by atoms with van der Waals surface area (Å²) in [6.07, 6.45) is 1.79. The highest BCUT2D eigenvalue weighted by molar-refractivity contribution is 5.89. The van der Waals surface area contributed by atoms with Gasteiger partial charge in [0.15, 0.2) is 0 Å². The van der Waals surface area contributed by atoms with Crippen LogP contribution in [0.5, 0.6) is 0 Å². The molecule has 0 radical (unpaired) electrons. The molecule has 1 N–H and O–H groups in total. The molecule has 0 bridgehead atoms. The van der Waals surface area contributed by atoms with E-state index in [1.807, 2.05) is 49.9 Å². The summed E-state index contributed by atoms with van der Waals surface area (Å²) < 4.78 is 11.6. The van der Waals surface area contributed by atoms with Crippen LogP contribution in [0.15, 0.2) is 28.7 Å². The molecule has 1 atom stereocenters. The third kappa shape index (κ3) is 3.63. The van der Waals surface area contributed by atoms with Gasteiger partial charge in [0.2, 0.25) is 11.8 Å². The lowest BCUT2D eigenvalue weighted by Gasteiger charge is -2.36. The smallest absolute Gasteiger partial charge is 0.321 e. The number of carbonyl (C=O) groups is 1. The van der Waals surface area contributed by atoms with Crippen molar-refractivity contribution in [2.45, 2.75) is 45.4 Å². The Morgan fingerprint density at radius 2 is 1.93 bits per heavy atom. The molecule has 28 heavy (non-hydrogen) atoms. The number of carbonyl (C=O) groups excluding carboxylic acids is 1. The molecule has 2 amide bonds. The van der Waals surface area contributed by atoms with Crippen molar-refractivity contribution < 1.29 is 13.9 Å². The Bertz CT molecular complexity index is 824. The Kier molecular flexibility index (Phi) is 5.10. The molecule has 150 valence electrons. The van der Waals surface area contributed by atoms with Crippen molar-refractivity contribution in [3.8, 4) is 0 Å². The van der Waals surface area contributed by atoms with E-state index in [9.17, 15) is 4.79 Å². The lowest BCUT2D eigenvalue weighted by atomic mass is 9.72. The van der Waals surface area contributed by atoms with E-state index < -0.39 is 0 Å². The van der Waals surface area contributed by atoms with Crippen molar-refractivity contribution in [1.82, 2.24) is 15.1 Å². The van der Waals surface area contributed by atoms with Gasteiger partial charge in [-0.05, 0) is 31.9 Å². The summed E-state index contributed by atoms with van der Waals surface area (Å²) in [4.78, 5) is 14.8. The number of amides is 2. The number of hydrogen-bond donors (Lipinski definition) is 1. The van der Waals surface area contributed by atoms with Crippen LogP contribution in [0.1, 0.15) is 55.9 Å². The number of nitrogens with one attached hydrogen (secondary N) is 1. The lowest BCUT2D eigenvalue weighted by molar-refractivity contribution is 0.0101. The van der Waals surface area contributed by atoms with Gasteiger partial charge in [0.1, 0.15) is 0 Å². The zero-order valence-corrected chi connectivity index (χ0v) is 16.8. The molecular weight excluding hydrogens is 356 g/mol. The first-order chi connectivity index (χ1) is 13.5. The van der Waals surface area contributed by atoms with E-state index >= 15 is 0 Å². The number of aryl methyl sites for hydroxylation is 1. The Hall–Kier alpha value is -2.41. The predicted octanol–water partition coefficient (Wildman–Crippen LogP) is 3.93. The van der Waals surface area contributed by atoms with Crippen molar-refractivity contribution in [2.24, 2.45) is 5.41 Å². The van der Waals surface area contributed by atoms with Crippen molar-refractivity contribution in [2.75, 3.05) is 31.6 Å². The molecule has 0 aliphatic carbocycles. The summed E-state index contributed by atoms with van der Waals surface area (Å²) in [6, 6.07) is 7.76. The summed E-state index contributed by atoms with van der Waals surface area (Å²) in [5.74, 6) is 1.53. The standard InChI is InChI=1S/C21H28N4O3/c1-14(2)18-23-24-19(28-18)17-12-25(13-21(17)8-10-27-11-9-21)20(26)22-16-6-4-15(3)5-7-16/h4-7,14,17H,8-13H2,1-3H3,(H,22,26). The fourth-order valence-corrected chi connectivity index (χ4v) is 4.21. The summed E-state index contributed by atoms with van der Waals surface area (Å²) in [7, 11) is 0. The summed E-state index contributed by atoms with van der Waals surface area (Å²) in [5.41, 5.74) is 1.90. The van der Waals surface area contributed by atoms with Gasteiger partial charge in [-0.2, -0.15) is 0 Å². The van der Waals surface area contributed by atoms with Crippen LogP contribution < -0.4 is 5.32 Å². The quantitative estimate of drug-likeness (QED) is 0.867. The summed E-state index contributed by atoms with van der Waals surface area (Å²) in [6.45, 7) is 8.77. The van der Waals surface area contributed by atoms with E-state index in [4.69, 9.17) is 9.15 Å². The van der Waals surface area contributed by atoms with Crippen LogP contribution in [0, 0.1) is 12.3 Å². The number of ether oxygens (including phenoxy) is 1. The molecule has 2 aliphatic rings. The minimum absolute atomic E-state index is 0.0418. The van der Waals surface area contributed by atoms with Gasteiger partial charge in [-0.15, -0.1) is 10.2 Å². The molecule has 2 aromatic rings. The molecular formula is C21H28N4O3. The summed E-state index contributed by atoms with van der Waals surface area (Å²) in [5, 5.41) is 11.6. The highest BCUT2D eigenvalue weighted by Gasteiger charge is 2.51. The fourth-order valence-electron chi connectivity index (χ4n) is 4.21. The van der Waals surface area contributed by atoms with E-state index in [2.05, 4.69) is 15.5 Å². The lowest BCUT2D eigenvalue weighted by Crippen LogP contribution is -2.38. The van der Waals surface area contributed by atoms with Crippen LogP contribution in [-0.2, 0) is 4.74 Å². The Balaban J connectivity index is 1.55. The SMILES string of the molecule is Cc1ccc(NC(=O)N2CC(c3nnc(C(C)C)o3)C3(CCOCC3)C2)cc1. The number of anilines is 1. The van der Waals surface area contributed by atoms with Crippen LogP contribution in [-0.4, -0.2) is 47.4 Å².